The van der Waals surface area contributed by atoms with Crippen LogP contribution in [0.25, 0.3) is 11.0 Å². The van der Waals surface area contributed by atoms with Crippen molar-refractivity contribution in [1.82, 2.24) is 14.5 Å². The molecule has 1 aliphatic heterocycles. The number of nitrogens with one attached hydrogen (secondary N) is 1. The maximum absolute atomic E-state index is 12.8. The third-order valence-corrected chi connectivity index (χ3v) is 7.44. The van der Waals surface area contributed by atoms with Gasteiger partial charge in [-0.05, 0) is 55.0 Å². The molecule has 2 aliphatic rings. The number of rotatable bonds is 4. The number of hydrogen-bond donors (Lipinski definition) is 1. The lowest BCUT2D eigenvalue weighted by molar-refractivity contribution is -0.125. The van der Waals surface area contributed by atoms with Crippen LogP contribution in [0.2, 0.25) is 0 Å². The number of carbonyl (C=O) groups is 2. The molecule has 1 aromatic carbocycles. The van der Waals surface area contributed by atoms with E-state index < -0.39 is 0 Å². The Balaban J connectivity index is 1.40. The van der Waals surface area contributed by atoms with Crippen molar-refractivity contribution in [1.29, 1.82) is 0 Å². The highest BCUT2D eigenvalue weighted by molar-refractivity contribution is 7.14. The summed E-state index contributed by atoms with van der Waals surface area (Å²) in [6.07, 6.45) is 9.74. The van der Waals surface area contributed by atoms with Crippen molar-refractivity contribution in [3.05, 3.63) is 58.8 Å². The third-order valence-electron chi connectivity index (χ3n) is 6.42. The van der Waals surface area contributed by atoms with Gasteiger partial charge in [0.1, 0.15) is 0 Å². The van der Waals surface area contributed by atoms with Crippen LogP contribution >= 0.6 is 11.3 Å². The van der Waals surface area contributed by atoms with Crippen LogP contribution in [0.1, 0.15) is 39.9 Å². The summed E-state index contributed by atoms with van der Waals surface area (Å²) < 4.78 is 2.15. The topological polar surface area (TPSA) is 67.2 Å². The van der Waals surface area contributed by atoms with E-state index in [2.05, 4.69) is 22.4 Å². The lowest BCUT2D eigenvalue weighted by Crippen LogP contribution is -2.42. The minimum absolute atomic E-state index is 0.00337. The molecule has 0 radical (unpaired) electrons. The number of benzene rings is 1. The Bertz CT molecular complexity index is 1240. The summed E-state index contributed by atoms with van der Waals surface area (Å²) in [5.74, 6) is 2.91. The summed E-state index contributed by atoms with van der Waals surface area (Å²) >= 11 is 1.29. The normalized spacial score (nSPS) is 22.3. The average Bonchev–Trinajstić information content (AvgIpc) is 3.48. The Morgan fingerprint density at radius 3 is 2.84 bits per heavy atom. The molecular weight excluding hydrogens is 408 g/mol. The molecule has 1 N–H and O–H groups in total. The monoisotopic (exact) mass is 430 g/mol. The fourth-order valence-corrected chi connectivity index (χ4v) is 5.62. The van der Waals surface area contributed by atoms with Crippen LogP contribution in [-0.2, 0) is 4.79 Å². The molecule has 2 aromatic heterocycles. The Morgan fingerprint density at radius 1 is 1.29 bits per heavy atom. The van der Waals surface area contributed by atoms with Crippen LogP contribution in [0.4, 0.5) is 5.95 Å². The summed E-state index contributed by atoms with van der Waals surface area (Å²) in [4.78, 5) is 32.7. The van der Waals surface area contributed by atoms with Crippen molar-refractivity contribution < 1.29 is 9.59 Å². The maximum atomic E-state index is 12.8. The number of thiophene rings is 1. The third kappa shape index (κ3) is 3.33. The Kier molecular flexibility index (Phi) is 4.67. The molecule has 3 heterocycles. The standard InChI is InChI=1S/C24H22N4O2S/c1-3-17-9-10-20(31-17)22(30)26-23-25-18-7-5-6-8-19(18)28(23)16-13-24(14-16)11-12-27(15-24)21(29)4-2/h1,4-10,16H,2,11-15H2,(H,25,26,30). The molecule has 2 amide bonds. The molecule has 0 bridgehead atoms. The summed E-state index contributed by atoms with van der Waals surface area (Å²) in [5, 5.41) is 2.99. The van der Waals surface area contributed by atoms with Gasteiger partial charge in [0, 0.05) is 19.1 Å². The van der Waals surface area contributed by atoms with Gasteiger partial charge in [-0.1, -0.05) is 24.6 Å². The fourth-order valence-electron chi connectivity index (χ4n) is 4.91. The number of likely N-dealkylation sites (tertiary alicyclic amines) is 1. The van der Waals surface area contributed by atoms with E-state index in [0.717, 1.165) is 48.3 Å². The molecule has 0 unspecified atom stereocenters. The number of amides is 2. The van der Waals surface area contributed by atoms with Gasteiger partial charge in [0.05, 0.1) is 20.8 Å². The van der Waals surface area contributed by atoms with Gasteiger partial charge in [0.2, 0.25) is 11.9 Å². The van der Waals surface area contributed by atoms with Gasteiger partial charge in [-0.25, -0.2) is 4.98 Å². The second kappa shape index (κ2) is 7.40. The summed E-state index contributed by atoms with van der Waals surface area (Å²) in [7, 11) is 0. The molecule has 7 heteroatoms. The zero-order valence-electron chi connectivity index (χ0n) is 17.0. The van der Waals surface area contributed by atoms with Crippen molar-refractivity contribution in [2.24, 2.45) is 5.41 Å². The highest BCUT2D eigenvalue weighted by atomic mass is 32.1. The molecule has 1 aliphatic carbocycles. The number of anilines is 1. The van der Waals surface area contributed by atoms with Crippen molar-refractivity contribution >= 4 is 40.1 Å². The zero-order valence-corrected chi connectivity index (χ0v) is 17.8. The molecule has 2 fully saturated rings. The highest BCUT2D eigenvalue weighted by Crippen LogP contribution is 2.55. The molecule has 6 nitrogen and oxygen atoms in total. The van der Waals surface area contributed by atoms with Crippen molar-refractivity contribution in [2.75, 3.05) is 18.4 Å². The van der Waals surface area contributed by atoms with E-state index in [4.69, 9.17) is 11.4 Å². The van der Waals surface area contributed by atoms with Gasteiger partial charge in [-0.2, -0.15) is 0 Å². The van der Waals surface area contributed by atoms with E-state index in [1.54, 1.807) is 12.1 Å². The van der Waals surface area contributed by atoms with E-state index in [0.29, 0.717) is 10.8 Å². The summed E-state index contributed by atoms with van der Waals surface area (Å²) in [6, 6.07) is 11.7. The van der Waals surface area contributed by atoms with Gasteiger partial charge >= 0.3 is 0 Å². The van der Waals surface area contributed by atoms with Gasteiger partial charge in [-0.3, -0.25) is 14.9 Å². The lowest BCUT2D eigenvalue weighted by atomic mass is 9.65. The van der Waals surface area contributed by atoms with Crippen LogP contribution in [0.5, 0.6) is 0 Å². The van der Waals surface area contributed by atoms with Gasteiger partial charge in [0.25, 0.3) is 5.91 Å². The van der Waals surface area contributed by atoms with Crippen LogP contribution in [0, 0.1) is 17.8 Å². The SMILES string of the molecule is C#Cc1ccc(C(=O)Nc2nc3ccccc3n2C2CC3(CCN(C(=O)C=C)C3)C2)s1. The molecule has 3 aromatic rings. The lowest BCUT2D eigenvalue weighted by Gasteiger charge is -2.46. The second-order valence-corrected chi connectivity index (χ2v) is 9.42. The van der Waals surface area contributed by atoms with E-state index in [-0.39, 0.29) is 23.3 Å². The number of terminal acetylenes is 1. The maximum Gasteiger partial charge on any atom is 0.268 e. The van der Waals surface area contributed by atoms with Gasteiger partial charge in [0.15, 0.2) is 0 Å². The van der Waals surface area contributed by atoms with E-state index in [9.17, 15) is 9.59 Å². The van der Waals surface area contributed by atoms with Gasteiger partial charge < -0.3 is 9.47 Å². The van der Waals surface area contributed by atoms with E-state index in [1.807, 2.05) is 29.2 Å². The zero-order chi connectivity index (χ0) is 21.6. The van der Waals surface area contributed by atoms with E-state index in [1.165, 1.54) is 17.4 Å². The first-order valence-corrected chi connectivity index (χ1v) is 11.1. The van der Waals surface area contributed by atoms with Crippen molar-refractivity contribution in [2.45, 2.75) is 25.3 Å². The fraction of sp³-hybridized carbons (Fsp3) is 0.292. The van der Waals surface area contributed by atoms with Crippen LogP contribution < -0.4 is 5.32 Å². The van der Waals surface area contributed by atoms with Gasteiger partial charge in [-0.15, -0.1) is 17.8 Å². The number of nitrogens with zero attached hydrogens (tertiary/aromatic N) is 3. The number of hydrogen-bond acceptors (Lipinski definition) is 4. The summed E-state index contributed by atoms with van der Waals surface area (Å²) in [6.45, 7) is 5.15. The quantitative estimate of drug-likeness (QED) is 0.501. The number of imidazole rings is 1. The molecule has 31 heavy (non-hydrogen) atoms. The average molecular weight is 431 g/mol. The molecule has 0 atom stereocenters. The molecule has 156 valence electrons. The van der Waals surface area contributed by atoms with Crippen molar-refractivity contribution in [3.8, 4) is 12.3 Å². The molecule has 1 saturated carbocycles. The first kappa shape index (κ1) is 19.6. The Hall–Kier alpha value is -3.37. The Morgan fingerprint density at radius 2 is 2.10 bits per heavy atom. The number of fused-ring (bicyclic) bond motifs is 1. The van der Waals surface area contributed by atoms with Crippen LogP contribution in [-0.4, -0.2) is 39.4 Å². The van der Waals surface area contributed by atoms with E-state index >= 15 is 0 Å². The molecule has 1 saturated heterocycles. The number of para-hydroxylation sites is 2. The molecular formula is C24H22N4O2S. The minimum Gasteiger partial charge on any atom is -0.339 e. The predicted molar refractivity (Wildman–Crippen MR) is 122 cm³/mol. The first-order chi connectivity index (χ1) is 15.0. The molecule has 1 spiro atoms. The number of carbonyl (C=O) groups excluding carboxylic acids is 2. The smallest absolute Gasteiger partial charge is 0.268 e. The molecule has 5 rings (SSSR count). The van der Waals surface area contributed by atoms with Crippen molar-refractivity contribution in [3.63, 3.8) is 0 Å². The van der Waals surface area contributed by atoms with Crippen LogP contribution in [0.15, 0.2) is 49.1 Å². The van der Waals surface area contributed by atoms with Crippen LogP contribution in [0.3, 0.4) is 0 Å². The second-order valence-electron chi connectivity index (χ2n) is 8.33. The summed E-state index contributed by atoms with van der Waals surface area (Å²) in [5.41, 5.74) is 2.00. The number of aromatic nitrogens is 2. The Labute approximate surface area is 184 Å². The highest BCUT2D eigenvalue weighted by Gasteiger charge is 2.50. The minimum atomic E-state index is -0.208. The first-order valence-electron chi connectivity index (χ1n) is 10.3. The predicted octanol–water partition coefficient (Wildman–Crippen LogP) is 4.07. The largest absolute Gasteiger partial charge is 0.339 e.